The van der Waals surface area contributed by atoms with Crippen molar-refractivity contribution in [1.82, 2.24) is 9.78 Å². The zero-order valence-electron chi connectivity index (χ0n) is 11.3. The van der Waals surface area contributed by atoms with Gasteiger partial charge < -0.3 is 5.73 Å². The van der Waals surface area contributed by atoms with Crippen molar-refractivity contribution in [3.63, 3.8) is 0 Å². The van der Waals surface area contributed by atoms with Crippen molar-refractivity contribution in [1.29, 1.82) is 0 Å². The van der Waals surface area contributed by atoms with Gasteiger partial charge in [-0.2, -0.15) is 5.10 Å². The molecule has 0 aliphatic heterocycles. The topological polar surface area (TPSA) is 60.9 Å². The van der Waals surface area contributed by atoms with Crippen LogP contribution in [-0.2, 0) is 18.3 Å². The summed E-state index contributed by atoms with van der Waals surface area (Å²) in [6.07, 6.45) is 4.61. The first-order valence-electron chi connectivity index (χ1n) is 6.39. The molecule has 19 heavy (non-hydrogen) atoms. The lowest BCUT2D eigenvalue weighted by molar-refractivity contribution is -0.118. The van der Waals surface area contributed by atoms with Crippen LogP contribution in [0.3, 0.4) is 0 Å². The second-order valence-electron chi connectivity index (χ2n) is 5.01. The fourth-order valence-electron chi connectivity index (χ4n) is 2.15. The van der Waals surface area contributed by atoms with Crippen molar-refractivity contribution >= 4 is 11.5 Å². The molecule has 0 spiro atoms. The summed E-state index contributed by atoms with van der Waals surface area (Å²) >= 11 is 0. The van der Waals surface area contributed by atoms with Crippen LogP contribution in [0.5, 0.6) is 0 Å². The van der Waals surface area contributed by atoms with E-state index in [2.05, 4.69) is 12.0 Å². The summed E-state index contributed by atoms with van der Waals surface area (Å²) in [4.78, 5) is 12.0. The molecule has 1 aromatic heterocycles. The molecule has 4 nitrogen and oxygen atoms in total. The third kappa shape index (κ3) is 3.68. The number of Topliss-reactive ketones (excluding diaryl/α,β-unsaturated/α-hetero) is 1. The number of hydrogen-bond acceptors (Lipinski definition) is 3. The van der Waals surface area contributed by atoms with E-state index in [0.29, 0.717) is 12.8 Å². The maximum Gasteiger partial charge on any atom is 0.137 e. The zero-order valence-corrected chi connectivity index (χ0v) is 11.3. The Kier molecular flexibility index (Phi) is 4.00. The van der Waals surface area contributed by atoms with E-state index in [1.54, 1.807) is 10.9 Å². The molecule has 2 aromatic rings. The minimum atomic E-state index is 0.213. The van der Waals surface area contributed by atoms with Crippen molar-refractivity contribution in [3.8, 4) is 0 Å². The molecule has 0 aliphatic carbocycles. The molecule has 0 bridgehead atoms. The Balaban J connectivity index is 1.93. The first kappa shape index (κ1) is 13.3. The summed E-state index contributed by atoms with van der Waals surface area (Å²) in [6, 6.07) is 7.71. The van der Waals surface area contributed by atoms with Crippen LogP contribution < -0.4 is 5.73 Å². The number of rotatable bonds is 5. The molecule has 100 valence electrons. The summed E-state index contributed by atoms with van der Waals surface area (Å²) < 4.78 is 1.71. The molecule has 4 heteroatoms. The number of hydrogen-bond donors (Lipinski definition) is 1. The molecular weight excluding hydrogens is 238 g/mol. The van der Waals surface area contributed by atoms with Gasteiger partial charge in [0.1, 0.15) is 5.78 Å². The highest BCUT2D eigenvalue weighted by Gasteiger charge is 2.12. The Labute approximate surface area is 113 Å². The molecule has 1 atom stereocenters. The molecule has 0 aliphatic rings. The molecule has 2 N–H and O–H groups in total. The number of nitrogens with two attached hydrogens (primary N) is 1. The van der Waals surface area contributed by atoms with Crippen LogP contribution in [0.4, 0.5) is 5.69 Å². The highest BCUT2D eigenvalue weighted by Crippen LogP contribution is 2.21. The predicted octanol–water partition coefficient (Wildman–Crippen LogP) is 2.31. The monoisotopic (exact) mass is 257 g/mol. The fraction of sp³-hybridized carbons (Fsp3) is 0.333. The number of ketones is 1. The molecule has 2 rings (SSSR count). The van der Waals surface area contributed by atoms with E-state index in [0.717, 1.165) is 16.8 Å². The largest absolute Gasteiger partial charge is 0.399 e. The van der Waals surface area contributed by atoms with E-state index >= 15 is 0 Å². The predicted molar refractivity (Wildman–Crippen MR) is 75.8 cm³/mol. The highest BCUT2D eigenvalue weighted by molar-refractivity contribution is 5.81. The minimum absolute atomic E-state index is 0.213. The van der Waals surface area contributed by atoms with Crippen LogP contribution in [0, 0.1) is 0 Å². The fourth-order valence-corrected chi connectivity index (χ4v) is 2.15. The van der Waals surface area contributed by atoms with Gasteiger partial charge in [-0.25, -0.2) is 0 Å². The van der Waals surface area contributed by atoms with Crippen molar-refractivity contribution < 1.29 is 4.79 Å². The summed E-state index contributed by atoms with van der Waals surface area (Å²) in [5, 5.41) is 4.07. The lowest BCUT2D eigenvalue weighted by Gasteiger charge is -2.11. The van der Waals surface area contributed by atoms with Crippen molar-refractivity contribution in [3.05, 3.63) is 47.8 Å². The molecule has 0 amide bonds. The van der Waals surface area contributed by atoms with E-state index in [1.165, 1.54) is 0 Å². The Hall–Kier alpha value is -2.10. The highest BCUT2D eigenvalue weighted by atomic mass is 16.1. The lowest BCUT2D eigenvalue weighted by Crippen LogP contribution is -2.07. The number of anilines is 1. The summed E-state index contributed by atoms with van der Waals surface area (Å²) in [5.74, 6) is 0.446. The van der Waals surface area contributed by atoms with Crippen LogP contribution >= 0.6 is 0 Å². The number of nitrogens with zero attached hydrogens (tertiary/aromatic N) is 2. The summed E-state index contributed by atoms with van der Waals surface area (Å²) in [5.41, 5.74) is 8.52. The first-order valence-corrected chi connectivity index (χ1v) is 6.39. The maximum absolute atomic E-state index is 12.0. The zero-order chi connectivity index (χ0) is 13.8. The van der Waals surface area contributed by atoms with E-state index in [1.807, 2.05) is 37.5 Å². The van der Waals surface area contributed by atoms with Gasteiger partial charge >= 0.3 is 0 Å². The second-order valence-corrected chi connectivity index (χ2v) is 5.01. The number of benzene rings is 1. The van der Waals surface area contributed by atoms with Gasteiger partial charge in [-0.15, -0.1) is 0 Å². The van der Waals surface area contributed by atoms with E-state index in [9.17, 15) is 4.79 Å². The summed E-state index contributed by atoms with van der Waals surface area (Å²) in [7, 11) is 1.85. The van der Waals surface area contributed by atoms with Crippen LogP contribution in [0.15, 0.2) is 36.7 Å². The third-order valence-corrected chi connectivity index (χ3v) is 3.20. The number of nitrogen functional groups attached to an aromatic ring is 1. The smallest absolute Gasteiger partial charge is 0.137 e. The molecule has 0 saturated heterocycles. The van der Waals surface area contributed by atoms with Gasteiger partial charge in [0.15, 0.2) is 0 Å². The molecule has 0 saturated carbocycles. The minimum Gasteiger partial charge on any atom is -0.399 e. The van der Waals surface area contributed by atoms with Gasteiger partial charge in [-0.05, 0) is 29.2 Å². The SMILES string of the molecule is CC(CC(=O)Cc1cnn(C)c1)c1ccc(N)cc1. The molecule has 1 unspecified atom stereocenters. The number of aryl methyl sites for hydroxylation is 1. The molecule has 1 aromatic carbocycles. The Morgan fingerprint density at radius 1 is 1.37 bits per heavy atom. The Morgan fingerprint density at radius 3 is 2.63 bits per heavy atom. The molecule has 1 heterocycles. The Bertz CT molecular complexity index is 557. The van der Waals surface area contributed by atoms with Gasteiger partial charge in [0.25, 0.3) is 0 Å². The molecule has 0 radical (unpaired) electrons. The average Bonchev–Trinajstić information content (AvgIpc) is 2.75. The van der Waals surface area contributed by atoms with Crippen molar-refractivity contribution in [2.24, 2.45) is 7.05 Å². The average molecular weight is 257 g/mol. The Morgan fingerprint density at radius 2 is 2.05 bits per heavy atom. The van der Waals surface area contributed by atoms with Crippen molar-refractivity contribution in [2.45, 2.75) is 25.7 Å². The van der Waals surface area contributed by atoms with Crippen LogP contribution in [0.2, 0.25) is 0 Å². The van der Waals surface area contributed by atoms with Gasteiger partial charge in [0.2, 0.25) is 0 Å². The van der Waals surface area contributed by atoms with Gasteiger partial charge in [-0.1, -0.05) is 19.1 Å². The van der Waals surface area contributed by atoms with Crippen LogP contribution in [-0.4, -0.2) is 15.6 Å². The first-order chi connectivity index (χ1) is 9.04. The molecule has 0 fully saturated rings. The molecular formula is C15H19N3O. The van der Waals surface area contributed by atoms with Crippen LogP contribution in [0.25, 0.3) is 0 Å². The van der Waals surface area contributed by atoms with Crippen molar-refractivity contribution in [2.75, 3.05) is 5.73 Å². The van der Waals surface area contributed by atoms with E-state index < -0.39 is 0 Å². The quantitative estimate of drug-likeness (QED) is 0.836. The third-order valence-electron chi connectivity index (χ3n) is 3.20. The number of carbonyl (C=O) groups excluding carboxylic acids is 1. The van der Waals surface area contributed by atoms with Crippen LogP contribution in [0.1, 0.15) is 30.4 Å². The standard InChI is InChI=1S/C15H19N3O/c1-11(13-3-5-14(16)6-4-13)7-15(19)8-12-9-17-18(2)10-12/h3-6,9-11H,7-8,16H2,1-2H3. The lowest BCUT2D eigenvalue weighted by atomic mass is 9.94. The van der Waals surface area contributed by atoms with Gasteiger partial charge in [-0.3, -0.25) is 9.48 Å². The summed E-state index contributed by atoms with van der Waals surface area (Å²) in [6.45, 7) is 2.06. The van der Waals surface area contributed by atoms with E-state index in [4.69, 9.17) is 5.73 Å². The second kappa shape index (κ2) is 5.69. The van der Waals surface area contributed by atoms with E-state index in [-0.39, 0.29) is 11.7 Å². The van der Waals surface area contributed by atoms with Gasteiger partial charge in [0, 0.05) is 31.8 Å². The number of aromatic nitrogens is 2. The number of carbonyl (C=O) groups is 1. The van der Waals surface area contributed by atoms with Gasteiger partial charge in [0.05, 0.1) is 6.20 Å². The maximum atomic E-state index is 12.0. The normalized spacial score (nSPS) is 12.3.